The third-order valence-corrected chi connectivity index (χ3v) is 10.2. The first kappa shape index (κ1) is 20.4. The van der Waals surface area contributed by atoms with Gasteiger partial charge in [-0.05, 0) is 91.3 Å². The second kappa shape index (κ2) is 7.11. The molecule has 2 N–H and O–H groups in total. The van der Waals surface area contributed by atoms with Crippen LogP contribution in [0, 0.1) is 46.3 Å². The van der Waals surface area contributed by atoms with Crippen LogP contribution in [-0.2, 0) is 9.59 Å². The van der Waals surface area contributed by atoms with Crippen LogP contribution in [0.2, 0.25) is 0 Å². The first-order valence-corrected chi connectivity index (χ1v) is 11.6. The average molecular weight is 391 g/mol. The normalized spacial score (nSPS) is 49.1. The summed E-state index contributed by atoms with van der Waals surface area (Å²) in [5.74, 6) is 2.76. The summed E-state index contributed by atoms with van der Waals surface area (Å²) in [6, 6.07) is 0. The lowest BCUT2D eigenvalue weighted by atomic mass is 9.44. The van der Waals surface area contributed by atoms with Crippen LogP contribution >= 0.6 is 0 Å². The highest BCUT2D eigenvalue weighted by Crippen LogP contribution is 2.68. The number of carbonyl (C=O) groups is 2. The largest absolute Gasteiger partial charge is 0.481 e. The first-order chi connectivity index (χ1) is 13.2. The minimum atomic E-state index is -0.714. The molecule has 0 spiro atoms. The van der Waals surface area contributed by atoms with Crippen LogP contribution in [0.25, 0.3) is 0 Å². The Morgan fingerprint density at radius 2 is 1.93 bits per heavy atom. The Labute approximate surface area is 169 Å². The summed E-state index contributed by atoms with van der Waals surface area (Å²) in [5.41, 5.74) is 0.138. The summed E-state index contributed by atoms with van der Waals surface area (Å²) in [7, 11) is 0. The van der Waals surface area contributed by atoms with Gasteiger partial charge >= 0.3 is 5.97 Å². The third kappa shape index (κ3) is 2.97. The second-order valence-electron chi connectivity index (χ2n) is 11.1. The third-order valence-electron chi connectivity index (χ3n) is 10.2. The van der Waals surface area contributed by atoms with Gasteiger partial charge in [-0.15, -0.1) is 0 Å². The fourth-order valence-corrected chi connectivity index (χ4v) is 8.52. The van der Waals surface area contributed by atoms with Crippen molar-refractivity contribution >= 4 is 11.8 Å². The summed E-state index contributed by atoms with van der Waals surface area (Å²) < 4.78 is 0. The highest BCUT2D eigenvalue weighted by atomic mass is 16.4. The molecule has 4 fully saturated rings. The predicted octanol–water partition coefficient (Wildman–Crippen LogP) is 4.69. The smallest absolute Gasteiger partial charge is 0.303 e. The molecular formula is C24H38O4. The maximum atomic E-state index is 12.1. The molecule has 0 aromatic heterocycles. The molecule has 0 heterocycles. The number of carboxylic acids is 1. The molecule has 4 rings (SSSR count). The monoisotopic (exact) mass is 390 g/mol. The number of fused-ring (bicyclic) bond motifs is 5. The molecule has 28 heavy (non-hydrogen) atoms. The number of hydrogen-bond acceptors (Lipinski definition) is 3. The number of aliphatic hydroxyl groups is 1. The van der Waals surface area contributed by atoms with E-state index in [-0.39, 0.29) is 23.4 Å². The zero-order chi connectivity index (χ0) is 20.3. The molecule has 0 bridgehead atoms. The molecule has 4 nitrogen and oxygen atoms in total. The lowest BCUT2D eigenvalue weighted by molar-refractivity contribution is -0.171. The molecule has 158 valence electrons. The molecule has 0 saturated heterocycles. The van der Waals surface area contributed by atoms with E-state index < -0.39 is 5.97 Å². The predicted molar refractivity (Wildman–Crippen MR) is 108 cm³/mol. The molecule has 0 amide bonds. The van der Waals surface area contributed by atoms with Crippen LogP contribution in [0.3, 0.4) is 0 Å². The van der Waals surface area contributed by atoms with Crippen LogP contribution in [0.4, 0.5) is 0 Å². The van der Waals surface area contributed by atoms with Gasteiger partial charge < -0.3 is 10.2 Å². The Bertz CT molecular complexity index is 645. The Morgan fingerprint density at radius 1 is 1.18 bits per heavy atom. The lowest BCUT2D eigenvalue weighted by Gasteiger charge is -2.62. The summed E-state index contributed by atoms with van der Waals surface area (Å²) in [4.78, 5) is 23.1. The van der Waals surface area contributed by atoms with E-state index in [4.69, 9.17) is 5.11 Å². The fraction of sp³-hybridized carbons (Fsp3) is 0.917. The number of aliphatic hydroxyl groups excluding tert-OH is 1. The highest BCUT2D eigenvalue weighted by molar-refractivity contribution is 5.79. The maximum absolute atomic E-state index is 12.1. The van der Waals surface area contributed by atoms with Crippen LogP contribution in [0.5, 0.6) is 0 Å². The summed E-state index contributed by atoms with van der Waals surface area (Å²) in [5, 5.41) is 20.5. The van der Waals surface area contributed by atoms with Gasteiger partial charge in [0.05, 0.1) is 6.10 Å². The Morgan fingerprint density at radius 3 is 2.64 bits per heavy atom. The van der Waals surface area contributed by atoms with E-state index in [0.717, 1.165) is 32.1 Å². The highest BCUT2D eigenvalue weighted by Gasteiger charge is 2.63. The second-order valence-corrected chi connectivity index (χ2v) is 11.1. The van der Waals surface area contributed by atoms with E-state index in [1.807, 2.05) is 0 Å². The number of ketones is 1. The number of carbonyl (C=O) groups excluding carboxylic acids is 1. The van der Waals surface area contributed by atoms with Gasteiger partial charge in [-0.25, -0.2) is 0 Å². The fourth-order valence-electron chi connectivity index (χ4n) is 8.52. The van der Waals surface area contributed by atoms with Crippen molar-refractivity contribution in [2.45, 2.75) is 91.1 Å². The van der Waals surface area contributed by atoms with Crippen molar-refractivity contribution in [2.24, 2.45) is 46.3 Å². The van der Waals surface area contributed by atoms with Crippen LogP contribution < -0.4 is 0 Å². The molecule has 9 atom stereocenters. The molecule has 0 aromatic rings. The topological polar surface area (TPSA) is 74.6 Å². The summed E-state index contributed by atoms with van der Waals surface area (Å²) in [6.07, 6.45) is 8.69. The molecular weight excluding hydrogens is 352 g/mol. The van der Waals surface area contributed by atoms with Crippen molar-refractivity contribution in [3.63, 3.8) is 0 Å². The maximum Gasteiger partial charge on any atom is 0.303 e. The number of aliphatic carboxylic acids is 1. The zero-order valence-electron chi connectivity index (χ0n) is 17.8. The molecule has 0 aliphatic heterocycles. The van der Waals surface area contributed by atoms with Crippen molar-refractivity contribution in [1.29, 1.82) is 0 Å². The summed E-state index contributed by atoms with van der Waals surface area (Å²) >= 11 is 0. The van der Waals surface area contributed by atoms with E-state index in [9.17, 15) is 14.7 Å². The van der Waals surface area contributed by atoms with Crippen LogP contribution in [0.15, 0.2) is 0 Å². The van der Waals surface area contributed by atoms with Crippen molar-refractivity contribution in [3.05, 3.63) is 0 Å². The molecule has 0 aromatic carbocycles. The van der Waals surface area contributed by atoms with Crippen molar-refractivity contribution < 1.29 is 19.8 Å². The van der Waals surface area contributed by atoms with Gasteiger partial charge in [0, 0.05) is 19.3 Å². The van der Waals surface area contributed by atoms with Gasteiger partial charge in [0.1, 0.15) is 5.78 Å². The Kier molecular flexibility index (Phi) is 5.17. The van der Waals surface area contributed by atoms with Crippen molar-refractivity contribution in [3.8, 4) is 0 Å². The van der Waals surface area contributed by atoms with Crippen LogP contribution in [-0.4, -0.2) is 28.1 Å². The molecule has 4 saturated carbocycles. The zero-order valence-corrected chi connectivity index (χ0v) is 17.8. The van der Waals surface area contributed by atoms with E-state index in [2.05, 4.69) is 20.8 Å². The van der Waals surface area contributed by atoms with Gasteiger partial charge in [-0.1, -0.05) is 20.8 Å². The lowest BCUT2D eigenvalue weighted by Crippen LogP contribution is -2.58. The average Bonchev–Trinajstić information content (AvgIpc) is 3.00. The standard InChI is InChI=1S/C24H38O4/c1-14(4-9-22(27)28)18-7-8-19-17-6-5-15-12-16(25)10-11-23(15,2)20(17)13-21(26)24(18,19)3/h14-15,17-21,26H,4-13H2,1-3H3,(H,27,28)/t14-,15-,17+,18-,19+,20+,21+,23-,24+/m0/s1. The summed E-state index contributed by atoms with van der Waals surface area (Å²) in [6.45, 7) is 6.93. The van der Waals surface area contributed by atoms with Gasteiger partial charge in [-0.2, -0.15) is 0 Å². The molecule has 4 heteroatoms. The molecule has 0 radical (unpaired) electrons. The van der Waals surface area contributed by atoms with Gasteiger partial charge in [0.2, 0.25) is 0 Å². The quantitative estimate of drug-likeness (QED) is 0.730. The molecule has 4 aliphatic rings. The number of carboxylic acid groups (broad SMARTS) is 1. The molecule has 0 unspecified atom stereocenters. The Hall–Kier alpha value is -0.900. The number of rotatable bonds is 4. The Balaban J connectivity index is 1.57. The van der Waals surface area contributed by atoms with Gasteiger partial charge in [0.25, 0.3) is 0 Å². The molecule has 4 aliphatic carbocycles. The number of Topliss-reactive ketones (excluding diaryl/α,β-unsaturated/α-hetero) is 1. The number of hydrogen-bond donors (Lipinski definition) is 2. The van der Waals surface area contributed by atoms with E-state index in [1.165, 1.54) is 19.3 Å². The minimum absolute atomic E-state index is 0.0766. The van der Waals surface area contributed by atoms with Crippen molar-refractivity contribution in [2.75, 3.05) is 0 Å². The SMILES string of the molecule is C[C@@H](CCC(=O)O)[C@@H]1CC[C@@H]2[C@H]3CC[C@H]4CC(=O)CC[C@]4(C)[C@@H]3C[C@@H](O)[C@@]21C. The van der Waals surface area contributed by atoms with E-state index in [0.29, 0.717) is 47.7 Å². The van der Waals surface area contributed by atoms with E-state index >= 15 is 0 Å². The van der Waals surface area contributed by atoms with Crippen LogP contribution in [0.1, 0.15) is 85.0 Å². The van der Waals surface area contributed by atoms with Crippen molar-refractivity contribution in [1.82, 2.24) is 0 Å². The van der Waals surface area contributed by atoms with Gasteiger partial charge in [0.15, 0.2) is 0 Å². The first-order valence-electron chi connectivity index (χ1n) is 11.6. The van der Waals surface area contributed by atoms with E-state index in [1.54, 1.807) is 0 Å². The minimum Gasteiger partial charge on any atom is -0.481 e. The van der Waals surface area contributed by atoms with Gasteiger partial charge in [-0.3, -0.25) is 9.59 Å².